The highest BCUT2D eigenvalue weighted by Gasteiger charge is 2.47. The van der Waals surface area contributed by atoms with Crippen molar-refractivity contribution in [2.45, 2.75) is 38.3 Å². The third kappa shape index (κ3) is 3.29. The van der Waals surface area contributed by atoms with Crippen LogP contribution in [-0.2, 0) is 0 Å². The number of anilines is 3. The van der Waals surface area contributed by atoms with Crippen molar-refractivity contribution < 1.29 is 24.1 Å². The molecule has 10 heteroatoms. The van der Waals surface area contributed by atoms with E-state index in [4.69, 9.17) is 10.5 Å². The molecule has 2 aromatic heterocycles. The predicted octanol–water partition coefficient (Wildman–Crippen LogP) is 3.53. The fraction of sp³-hybridized carbons (Fsp3) is 0.348. The summed E-state index contributed by atoms with van der Waals surface area (Å²) in [5, 5.41) is 23.8. The summed E-state index contributed by atoms with van der Waals surface area (Å²) in [4.78, 5) is 21.8. The Morgan fingerprint density at radius 3 is 2.76 bits per heavy atom. The molecule has 1 aliphatic carbocycles. The van der Waals surface area contributed by atoms with Crippen LogP contribution in [0.5, 0.6) is 5.88 Å². The van der Waals surface area contributed by atoms with E-state index in [1.807, 2.05) is 6.92 Å². The molecule has 1 aromatic carbocycles. The first kappa shape index (κ1) is 21.2. The van der Waals surface area contributed by atoms with Gasteiger partial charge in [0.1, 0.15) is 18.1 Å². The first-order valence-electron chi connectivity index (χ1n) is 10.7. The van der Waals surface area contributed by atoms with Crippen molar-refractivity contribution in [2.75, 3.05) is 29.1 Å². The average Bonchev–Trinajstić information content (AvgIpc) is 2.76. The highest BCUT2D eigenvalue weighted by atomic mass is 19.1. The van der Waals surface area contributed by atoms with Gasteiger partial charge in [-0.25, -0.2) is 19.2 Å². The van der Waals surface area contributed by atoms with E-state index in [1.54, 1.807) is 25.3 Å². The molecule has 3 aromatic rings. The second-order valence-electron chi connectivity index (χ2n) is 8.84. The van der Waals surface area contributed by atoms with E-state index in [2.05, 4.69) is 15.3 Å². The molecule has 0 atom stereocenters. The molecular formula is C23H24FN5O4. The summed E-state index contributed by atoms with van der Waals surface area (Å²) >= 11 is 0. The zero-order chi connectivity index (χ0) is 23.5. The maximum Gasteiger partial charge on any atom is 0.413 e. The zero-order valence-electron chi connectivity index (χ0n) is 18.2. The van der Waals surface area contributed by atoms with Crippen molar-refractivity contribution in [3.8, 4) is 17.0 Å². The molecule has 3 heterocycles. The van der Waals surface area contributed by atoms with E-state index < -0.39 is 23.6 Å². The van der Waals surface area contributed by atoms with Crippen LogP contribution < -0.4 is 20.7 Å². The largest absolute Gasteiger partial charge is 0.474 e. The molecule has 0 saturated heterocycles. The number of ether oxygens (including phenoxy) is 1. The molecule has 1 aliphatic heterocycles. The second kappa shape index (κ2) is 7.45. The van der Waals surface area contributed by atoms with E-state index in [0.717, 1.165) is 10.5 Å². The number of fused-ring (bicyclic) bond motifs is 2. The highest BCUT2D eigenvalue weighted by Crippen LogP contribution is 2.42. The highest BCUT2D eigenvalue weighted by molar-refractivity contribution is 6.00. The number of nitrogen functional groups attached to an aromatic ring is 1. The number of nitrogens with zero attached hydrogens (tertiary/aromatic N) is 3. The number of benzene rings is 1. The molecule has 9 nitrogen and oxygen atoms in total. The number of nitrogens with two attached hydrogens (primary N) is 1. The fourth-order valence-corrected chi connectivity index (χ4v) is 4.84. The van der Waals surface area contributed by atoms with Crippen LogP contribution in [0.15, 0.2) is 24.5 Å². The number of aliphatic hydroxyl groups excluding tert-OH is 1. The molecule has 5 rings (SSSR count). The summed E-state index contributed by atoms with van der Waals surface area (Å²) in [6, 6.07) is 3.21. The van der Waals surface area contributed by atoms with Gasteiger partial charge in [0, 0.05) is 35.5 Å². The molecule has 0 bridgehead atoms. The number of hydrogen-bond acceptors (Lipinski definition) is 7. The minimum absolute atomic E-state index is 0.0740. The Morgan fingerprint density at radius 2 is 2.06 bits per heavy atom. The van der Waals surface area contributed by atoms with Gasteiger partial charge in [-0.2, -0.15) is 0 Å². The van der Waals surface area contributed by atoms with Crippen molar-refractivity contribution >= 4 is 34.1 Å². The van der Waals surface area contributed by atoms with Crippen LogP contribution in [0.1, 0.15) is 25.3 Å². The number of aliphatic hydroxyl groups is 1. The molecule has 1 saturated carbocycles. The van der Waals surface area contributed by atoms with Crippen LogP contribution in [0.25, 0.3) is 21.9 Å². The third-order valence-corrected chi connectivity index (χ3v) is 6.53. The van der Waals surface area contributed by atoms with Crippen LogP contribution in [-0.4, -0.2) is 51.1 Å². The van der Waals surface area contributed by atoms with Gasteiger partial charge in [-0.15, -0.1) is 0 Å². The van der Waals surface area contributed by atoms with Crippen molar-refractivity contribution in [2.24, 2.45) is 0 Å². The normalized spacial score (nSPS) is 21.5. The quantitative estimate of drug-likeness (QED) is 0.443. The standard InChI is InChI=1S/C23H24FN5O4/c1-11-15(9-28-21-20(11)26-3-4-33-21)14-5-12-6-17(27-10-16(12)19(25)18(14)24)29(22(31)32)23(2)7-13(30)8-23/h5-6,9-10,13,26,30H,3-4,7-8,25H2,1-2H3,(H,31,32). The van der Waals surface area contributed by atoms with E-state index in [-0.39, 0.29) is 17.1 Å². The van der Waals surface area contributed by atoms with E-state index >= 15 is 4.39 Å². The van der Waals surface area contributed by atoms with Gasteiger partial charge in [-0.3, -0.25) is 4.90 Å². The molecule has 0 spiro atoms. The zero-order valence-corrected chi connectivity index (χ0v) is 18.2. The number of rotatable bonds is 3. The van der Waals surface area contributed by atoms with E-state index in [0.29, 0.717) is 53.9 Å². The number of carbonyl (C=O) groups is 1. The maximum absolute atomic E-state index is 15.3. The minimum Gasteiger partial charge on any atom is -0.474 e. The summed E-state index contributed by atoms with van der Waals surface area (Å²) in [6.45, 7) is 4.74. The number of aromatic nitrogens is 2. The topological polar surface area (TPSA) is 134 Å². The monoisotopic (exact) mass is 453 g/mol. The summed E-state index contributed by atoms with van der Waals surface area (Å²) in [5.74, 6) is 0.0655. The number of pyridine rings is 2. The molecule has 0 unspecified atom stereocenters. The molecule has 33 heavy (non-hydrogen) atoms. The molecule has 0 radical (unpaired) electrons. The van der Waals surface area contributed by atoms with Crippen molar-refractivity contribution in [1.29, 1.82) is 0 Å². The molecule has 172 valence electrons. The molecular weight excluding hydrogens is 429 g/mol. The Balaban J connectivity index is 1.65. The van der Waals surface area contributed by atoms with Gasteiger partial charge in [0.05, 0.1) is 17.3 Å². The summed E-state index contributed by atoms with van der Waals surface area (Å²) in [6.07, 6.45) is 1.83. The lowest BCUT2D eigenvalue weighted by molar-refractivity contribution is 0.0279. The van der Waals surface area contributed by atoms with Gasteiger partial charge in [0.15, 0.2) is 5.82 Å². The summed E-state index contributed by atoms with van der Waals surface area (Å²) in [7, 11) is 0. The fourth-order valence-electron chi connectivity index (χ4n) is 4.84. The second-order valence-corrected chi connectivity index (χ2v) is 8.84. The van der Waals surface area contributed by atoms with Gasteiger partial charge in [-0.05, 0) is 49.8 Å². The number of hydrogen-bond donors (Lipinski definition) is 4. The third-order valence-electron chi connectivity index (χ3n) is 6.53. The Kier molecular flexibility index (Phi) is 4.78. The van der Waals surface area contributed by atoms with E-state index in [9.17, 15) is 15.0 Å². The van der Waals surface area contributed by atoms with Crippen LogP contribution in [0.2, 0.25) is 0 Å². The Morgan fingerprint density at radius 1 is 1.30 bits per heavy atom. The number of carboxylic acid groups (broad SMARTS) is 1. The number of nitrogens with one attached hydrogen (secondary N) is 1. The minimum atomic E-state index is -1.17. The number of amides is 1. The Hall–Kier alpha value is -3.66. The summed E-state index contributed by atoms with van der Waals surface area (Å²) < 4.78 is 20.9. The van der Waals surface area contributed by atoms with Crippen molar-refractivity contribution in [1.82, 2.24) is 9.97 Å². The lowest BCUT2D eigenvalue weighted by atomic mass is 9.74. The molecule has 1 amide bonds. The van der Waals surface area contributed by atoms with Crippen molar-refractivity contribution in [3.05, 3.63) is 35.9 Å². The van der Waals surface area contributed by atoms with Crippen LogP contribution in [0.3, 0.4) is 0 Å². The SMILES string of the molecule is Cc1c(-c2cc3cc(N(C(=O)O)C4(C)CC(O)C4)ncc3c(N)c2F)cnc2c1NCCO2. The lowest BCUT2D eigenvalue weighted by Crippen LogP contribution is -2.59. The predicted molar refractivity (Wildman–Crippen MR) is 122 cm³/mol. The molecule has 5 N–H and O–H groups in total. The van der Waals surface area contributed by atoms with Crippen molar-refractivity contribution in [3.63, 3.8) is 0 Å². The maximum atomic E-state index is 15.3. The van der Waals surface area contributed by atoms with Gasteiger partial charge < -0.3 is 26.0 Å². The van der Waals surface area contributed by atoms with Gasteiger partial charge >= 0.3 is 6.09 Å². The smallest absolute Gasteiger partial charge is 0.413 e. The lowest BCUT2D eigenvalue weighted by Gasteiger charge is -2.48. The van der Waals surface area contributed by atoms with Crippen LogP contribution in [0, 0.1) is 12.7 Å². The molecule has 2 aliphatic rings. The van der Waals surface area contributed by atoms with Gasteiger partial charge in [0.25, 0.3) is 0 Å². The first-order valence-corrected chi connectivity index (χ1v) is 10.7. The van der Waals surface area contributed by atoms with Gasteiger partial charge in [-0.1, -0.05) is 0 Å². The molecule has 1 fully saturated rings. The summed E-state index contributed by atoms with van der Waals surface area (Å²) in [5.41, 5.74) is 7.58. The number of halogens is 1. The Labute approximate surface area is 189 Å². The van der Waals surface area contributed by atoms with Crippen LogP contribution >= 0.6 is 0 Å². The van der Waals surface area contributed by atoms with E-state index in [1.165, 1.54) is 6.20 Å². The average molecular weight is 453 g/mol. The van der Waals surface area contributed by atoms with Crippen LogP contribution in [0.4, 0.5) is 26.4 Å². The van der Waals surface area contributed by atoms with Gasteiger partial charge in [0.2, 0.25) is 5.88 Å². The Bertz CT molecular complexity index is 1290. The first-order chi connectivity index (χ1) is 15.7.